The third kappa shape index (κ3) is 2.73. The molecule has 22 heavy (non-hydrogen) atoms. The van der Waals surface area contributed by atoms with Gasteiger partial charge in [-0.05, 0) is 56.4 Å². The number of fused-ring (bicyclic) bond motifs is 1. The number of aliphatic hydroxyl groups is 1. The fourth-order valence-corrected chi connectivity index (χ4v) is 3.36. The average molecular weight is 304 g/mol. The Morgan fingerprint density at radius 1 is 1.41 bits per heavy atom. The smallest absolute Gasteiger partial charge is 0.270 e. The van der Waals surface area contributed by atoms with E-state index in [0.29, 0.717) is 24.2 Å². The number of aryl methyl sites for hydroxylation is 1. The van der Waals surface area contributed by atoms with Gasteiger partial charge in [-0.25, -0.2) is 4.39 Å². The van der Waals surface area contributed by atoms with Gasteiger partial charge in [-0.3, -0.25) is 4.79 Å². The zero-order valence-corrected chi connectivity index (χ0v) is 12.7. The van der Waals surface area contributed by atoms with Crippen LogP contribution < -0.4 is 0 Å². The molecular formula is C17H21FN2O2. The number of nitrogens with one attached hydrogen (secondary N) is 1. The minimum atomic E-state index is -0.304. The van der Waals surface area contributed by atoms with Crippen molar-refractivity contribution in [1.29, 1.82) is 0 Å². The summed E-state index contributed by atoms with van der Waals surface area (Å²) in [6.45, 7) is 2.64. The molecule has 1 atom stereocenters. The van der Waals surface area contributed by atoms with Gasteiger partial charge in [0, 0.05) is 30.1 Å². The summed E-state index contributed by atoms with van der Waals surface area (Å²) in [5, 5.41) is 10.1. The lowest BCUT2D eigenvalue weighted by molar-refractivity contribution is 0.0569. The van der Waals surface area contributed by atoms with Crippen molar-refractivity contribution >= 4 is 16.8 Å². The first-order valence-electron chi connectivity index (χ1n) is 7.81. The van der Waals surface area contributed by atoms with E-state index >= 15 is 0 Å². The third-order valence-electron chi connectivity index (χ3n) is 4.49. The summed E-state index contributed by atoms with van der Waals surface area (Å²) in [5.74, 6) is -0.365. The summed E-state index contributed by atoms with van der Waals surface area (Å²) in [6.07, 6.45) is 3.62. The maximum absolute atomic E-state index is 13.5. The first kappa shape index (κ1) is 15.0. The molecule has 1 unspecified atom stereocenters. The first-order valence-corrected chi connectivity index (χ1v) is 7.81. The van der Waals surface area contributed by atoms with E-state index in [4.69, 9.17) is 0 Å². The Morgan fingerprint density at radius 2 is 2.23 bits per heavy atom. The van der Waals surface area contributed by atoms with Crippen molar-refractivity contribution < 1.29 is 14.3 Å². The minimum absolute atomic E-state index is 0.0610. The maximum atomic E-state index is 13.5. The molecule has 1 fully saturated rings. The van der Waals surface area contributed by atoms with Crippen molar-refractivity contribution in [2.24, 2.45) is 0 Å². The lowest BCUT2D eigenvalue weighted by atomic mass is 9.99. The quantitative estimate of drug-likeness (QED) is 0.916. The average Bonchev–Trinajstić information content (AvgIpc) is 2.92. The molecule has 1 aliphatic heterocycles. The Labute approximate surface area is 128 Å². The van der Waals surface area contributed by atoms with E-state index in [1.54, 1.807) is 6.07 Å². The van der Waals surface area contributed by atoms with Crippen molar-refractivity contribution in [1.82, 2.24) is 9.88 Å². The molecule has 1 aromatic carbocycles. The molecule has 5 heteroatoms. The summed E-state index contributed by atoms with van der Waals surface area (Å²) in [4.78, 5) is 17.7. The van der Waals surface area contributed by atoms with E-state index in [1.807, 2.05) is 11.8 Å². The van der Waals surface area contributed by atoms with E-state index in [1.165, 1.54) is 12.1 Å². The Hall–Kier alpha value is -1.88. The normalized spacial score (nSPS) is 18.9. The molecular weight excluding hydrogens is 283 g/mol. The fourth-order valence-electron chi connectivity index (χ4n) is 3.36. The van der Waals surface area contributed by atoms with Gasteiger partial charge in [0.05, 0.1) is 0 Å². The van der Waals surface area contributed by atoms with Gasteiger partial charge in [-0.1, -0.05) is 0 Å². The number of amides is 1. The standard InChI is InChI=1S/C17H21FN2O2/c1-11-8-12(18)9-15-14(11)10-16(19-15)17(22)20-6-3-2-4-13(20)5-7-21/h8-10,13,19,21H,2-7H2,1H3. The van der Waals surface area contributed by atoms with Crippen LogP contribution in [0.5, 0.6) is 0 Å². The summed E-state index contributed by atoms with van der Waals surface area (Å²) in [5.41, 5.74) is 1.96. The molecule has 2 aromatic rings. The van der Waals surface area contributed by atoms with Crippen LogP contribution in [0.3, 0.4) is 0 Å². The van der Waals surface area contributed by atoms with Crippen molar-refractivity contribution in [2.45, 2.75) is 38.6 Å². The number of aromatic nitrogens is 1. The van der Waals surface area contributed by atoms with E-state index < -0.39 is 0 Å². The largest absolute Gasteiger partial charge is 0.396 e. The van der Waals surface area contributed by atoms with Crippen LogP contribution in [-0.2, 0) is 0 Å². The second-order valence-electron chi connectivity index (χ2n) is 6.03. The summed E-state index contributed by atoms with van der Waals surface area (Å²) >= 11 is 0. The van der Waals surface area contributed by atoms with Crippen LogP contribution in [0, 0.1) is 12.7 Å². The number of halogens is 1. The fraction of sp³-hybridized carbons (Fsp3) is 0.471. The van der Waals surface area contributed by atoms with Crippen LogP contribution in [0.1, 0.15) is 41.7 Å². The number of aromatic amines is 1. The molecule has 0 saturated carbocycles. The van der Waals surface area contributed by atoms with Gasteiger partial charge in [0.15, 0.2) is 0 Å². The number of hydrogen-bond donors (Lipinski definition) is 2. The monoisotopic (exact) mass is 304 g/mol. The van der Waals surface area contributed by atoms with Crippen LogP contribution in [0.15, 0.2) is 18.2 Å². The highest BCUT2D eigenvalue weighted by Gasteiger charge is 2.28. The molecule has 3 rings (SSSR count). The summed E-state index contributed by atoms with van der Waals surface area (Å²) in [7, 11) is 0. The number of carbonyl (C=O) groups is 1. The maximum Gasteiger partial charge on any atom is 0.270 e. The highest BCUT2D eigenvalue weighted by Crippen LogP contribution is 2.25. The SMILES string of the molecule is Cc1cc(F)cc2[nH]c(C(=O)N3CCCCC3CCO)cc12. The zero-order valence-electron chi connectivity index (χ0n) is 12.7. The molecule has 4 nitrogen and oxygen atoms in total. The molecule has 2 N–H and O–H groups in total. The number of carbonyl (C=O) groups excluding carboxylic acids is 1. The van der Waals surface area contributed by atoms with Gasteiger partial charge >= 0.3 is 0 Å². The summed E-state index contributed by atoms with van der Waals surface area (Å²) in [6, 6.07) is 4.78. The third-order valence-corrected chi connectivity index (χ3v) is 4.49. The highest BCUT2D eigenvalue weighted by molar-refractivity contribution is 5.99. The lowest BCUT2D eigenvalue weighted by Crippen LogP contribution is -2.44. The van der Waals surface area contributed by atoms with Gasteiger partial charge in [-0.2, -0.15) is 0 Å². The van der Waals surface area contributed by atoms with Crippen molar-refractivity contribution in [3.63, 3.8) is 0 Å². The molecule has 1 amide bonds. The van der Waals surface area contributed by atoms with Crippen molar-refractivity contribution in [2.75, 3.05) is 13.2 Å². The first-order chi connectivity index (χ1) is 10.6. The number of aliphatic hydroxyl groups excluding tert-OH is 1. The molecule has 0 aliphatic carbocycles. The van der Waals surface area contributed by atoms with Gasteiger partial charge in [0.2, 0.25) is 0 Å². The van der Waals surface area contributed by atoms with Gasteiger partial charge < -0.3 is 15.0 Å². The number of piperidine rings is 1. The molecule has 0 radical (unpaired) electrons. The predicted octanol–water partition coefficient (Wildman–Crippen LogP) is 2.99. The van der Waals surface area contributed by atoms with Crippen LogP contribution in [-0.4, -0.2) is 40.1 Å². The second kappa shape index (κ2) is 6.08. The van der Waals surface area contributed by atoms with Crippen LogP contribution in [0.25, 0.3) is 10.9 Å². The molecule has 0 spiro atoms. The zero-order chi connectivity index (χ0) is 15.7. The van der Waals surface area contributed by atoms with E-state index in [2.05, 4.69) is 4.98 Å². The Bertz CT molecular complexity index is 693. The number of likely N-dealkylation sites (tertiary alicyclic amines) is 1. The van der Waals surface area contributed by atoms with Crippen LogP contribution in [0.4, 0.5) is 4.39 Å². The highest BCUT2D eigenvalue weighted by atomic mass is 19.1. The number of benzene rings is 1. The Balaban J connectivity index is 1.92. The topological polar surface area (TPSA) is 56.3 Å². The summed E-state index contributed by atoms with van der Waals surface area (Å²) < 4.78 is 13.5. The number of hydrogen-bond acceptors (Lipinski definition) is 2. The molecule has 1 saturated heterocycles. The molecule has 0 bridgehead atoms. The van der Waals surface area contributed by atoms with E-state index in [0.717, 1.165) is 30.2 Å². The molecule has 1 aliphatic rings. The number of rotatable bonds is 3. The van der Waals surface area contributed by atoms with Gasteiger partial charge in [0.1, 0.15) is 11.5 Å². The van der Waals surface area contributed by atoms with Crippen LogP contribution >= 0.6 is 0 Å². The molecule has 2 heterocycles. The molecule has 118 valence electrons. The van der Waals surface area contributed by atoms with Gasteiger partial charge in [-0.15, -0.1) is 0 Å². The van der Waals surface area contributed by atoms with Crippen LogP contribution in [0.2, 0.25) is 0 Å². The Kier molecular flexibility index (Phi) is 4.16. The minimum Gasteiger partial charge on any atom is -0.396 e. The van der Waals surface area contributed by atoms with Crippen molar-refractivity contribution in [3.05, 3.63) is 35.3 Å². The number of H-pyrrole nitrogens is 1. The Morgan fingerprint density at radius 3 is 3.00 bits per heavy atom. The van der Waals surface area contributed by atoms with Crippen molar-refractivity contribution in [3.8, 4) is 0 Å². The van der Waals surface area contributed by atoms with E-state index in [9.17, 15) is 14.3 Å². The van der Waals surface area contributed by atoms with Gasteiger partial charge in [0.25, 0.3) is 5.91 Å². The number of nitrogens with zero attached hydrogens (tertiary/aromatic N) is 1. The van der Waals surface area contributed by atoms with E-state index in [-0.39, 0.29) is 24.4 Å². The predicted molar refractivity (Wildman–Crippen MR) is 83.4 cm³/mol. The lowest BCUT2D eigenvalue weighted by Gasteiger charge is -2.35. The molecule has 1 aromatic heterocycles. The second-order valence-corrected chi connectivity index (χ2v) is 6.03.